The van der Waals surface area contributed by atoms with Crippen molar-refractivity contribution < 1.29 is 13.9 Å². The number of hydrogen-bond donors (Lipinski definition) is 0. The molecule has 1 saturated heterocycles. The number of methoxy groups -OCH3 is 1. The monoisotopic (exact) mass is 291 g/mol. The molecule has 1 aliphatic heterocycles. The first kappa shape index (κ1) is 15.5. The second kappa shape index (κ2) is 7.25. The van der Waals surface area contributed by atoms with E-state index in [1.807, 2.05) is 18.0 Å². The van der Waals surface area contributed by atoms with Gasteiger partial charge < -0.3 is 14.1 Å². The first-order valence-electron chi connectivity index (χ1n) is 7.07. The average Bonchev–Trinajstić information content (AvgIpc) is 3.11. The molecule has 2 heterocycles. The first-order chi connectivity index (χ1) is 10.2. The SMILES string of the molecule is CO[C@H]1C[C@@H](C(=O)N(CCC#N)Cc2ccco2)N(C)C1. The molecule has 0 N–H and O–H groups in total. The van der Waals surface area contributed by atoms with Crippen molar-refractivity contribution in [2.45, 2.75) is 31.5 Å². The van der Waals surface area contributed by atoms with Gasteiger partial charge in [-0.1, -0.05) is 0 Å². The van der Waals surface area contributed by atoms with Crippen LogP contribution in [-0.2, 0) is 16.1 Å². The van der Waals surface area contributed by atoms with Crippen LogP contribution in [0.25, 0.3) is 0 Å². The van der Waals surface area contributed by atoms with Gasteiger partial charge in [0.15, 0.2) is 0 Å². The minimum Gasteiger partial charge on any atom is -0.467 e. The number of likely N-dealkylation sites (N-methyl/N-ethyl adjacent to an activating group) is 1. The molecular formula is C15H21N3O3. The Kier molecular flexibility index (Phi) is 5.37. The van der Waals surface area contributed by atoms with Gasteiger partial charge in [0.05, 0.1) is 37.4 Å². The first-order valence-corrected chi connectivity index (χ1v) is 7.07. The number of likely N-dealkylation sites (tertiary alicyclic amines) is 1. The summed E-state index contributed by atoms with van der Waals surface area (Å²) in [6.45, 7) is 1.56. The summed E-state index contributed by atoms with van der Waals surface area (Å²) in [4.78, 5) is 16.4. The molecule has 114 valence electrons. The van der Waals surface area contributed by atoms with Crippen molar-refractivity contribution in [2.75, 3.05) is 27.2 Å². The molecule has 0 bridgehead atoms. The molecule has 1 amide bonds. The predicted molar refractivity (Wildman–Crippen MR) is 76.2 cm³/mol. The highest BCUT2D eigenvalue weighted by atomic mass is 16.5. The van der Waals surface area contributed by atoms with Gasteiger partial charge in [0, 0.05) is 20.2 Å². The van der Waals surface area contributed by atoms with Crippen molar-refractivity contribution >= 4 is 5.91 Å². The highest BCUT2D eigenvalue weighted by Gasteiger charge is 2.36. The lowest BCUT2D eigenvalue weighted by molar-refractivity contribution is -0.136. The molecule has 0 unspecified atom stereocenters. The topological polar surface area (TPSA) is 69.7 Å². The maximum absolute atomic E-state index is 12.7. The van der Waals surface area contributed by atoms with Crippen LogP contribution in [0.3, 0.4) is 0 Å². The lowest BCUT2D eigenvalue weighted by Gasteiger charge is -2.27. The van der Waals surface area contributed by atoms with E-state index in [2.05, 4.69) is 6.07 Å². The number of furan rings is 1. The summed E-state index contributed by atoms with van der Waals surface area (Å²) in [5.74, 6) is 0.758. The smallest absolute Gasteiger partial charge is 0.240 e. The lowest BCUT2D eigenvalue weighted by Crippen LogP contribution is -2.44. The van der Waals surface area contributed by atoms with Crippen molar-refractivity contribution in [2.24, 2.45) is 0 Å². The van der Waals surface area contributed by atoms with Crippen LogP contribution in [0.4, 0.5) is 0 Å². The molecular weight excluding hydrogens is 270 g/mol. The van der Waals surface area contributed by atoms with Gasteiger partial charge in [0.25, 0.3) is 0 Å². The van der Waals surface area contributed by atoms with E-state index in [4.69, 9.17) is 14.4 Å². The largest absolute Gasteiger partial charge is 0.467 e. The lowest BCUT2D eigenvalue weighted by atomic mass is 10.1. The average molecular weight is 291 g/mol. The van der Waals surface area contributed by atoms with Crippen molar-refractivity contribution in [1.82, 2.24) is 9.80 Å². The predicted octanol–water partition coefficient (Wildman–Crippen LogP) is 1.24. The summed E-state index contributed by atoms with van der Waals surface area (Å²) >= 11 is 0. The van der Waals surface area contributed by atoms with Crippen LogP contribution < -0.4 is 0 Å². The second-order valence-electron chi connectivity index (χ2n) is 5.30. The van der Waals surface area contributed by atoms with Gasteiger partial charge >= 0.3 is 0 Å². The van der Waals surface area contributed by atoms with Gasteiger partial charge in [0.2, 0.25) is 5.91 Å². The zero-order valence-electron chi connectivity index (χ0n) is 12.5. The second-order valence-corrected chi connectivity index (χ2v) is 5.30. The van der Waals surface area contributed by atoms with Crippen molar-refractivity contribution in [1.29, 1.82) is 5.26 Å². The number of nitriles is 1. The highest BCUT2D eigenvalue weighted by molar-refractivity contribution is 5.82. The maximum atomic E-state index is 12.7. The van der Waals surface area contributed by atoms with Gasteiger partial charge in [-0.3, -0.25) is 9.69 Å². The Morgan fingerprint density at radius 3 is 3.05 bits per heavy atom. The third kappa shape index (κ3) is 3.84. The fraction of sp³-hybridized carbons (Fsp3) is 0.600. The standard InChI is InChI=1S/C15H21N3O3/c1-17-10-13(20-2)9-14(17)15(19)18(7-4-6-16)11-12-5-3-8-21-12/h3,5,8,13-14H,4,7,9-11H2,1-2H3/t13-,14-/m0/s1. The summed E-state index contributed by atoms with van der Waals surface area (Å²) < 4.78 is 10.7. The quantitative estimate of drug-likeness (QED) is 0.788. The summed E-state index contributed by atoms with van der Waals surface area (Å²) in [5.41, 5.74) is 0. The van der Waals surface area contributed by atoms with Crippen molar-refractivity contribution in [3.63, 3.8) is 0 Å². The molecule has 0 saturated carbocycles. The van der Waals surface area contributed by atoms with Crippen molar-refractivity contribution in [3.8, 4) is 6.07 Å². The van der Waals surface area contributed by atoms with Gasteiger partial charge in [-0.05, 0) is 25.6 Å². The molecule has 0 spiro atoms. The maximum Gasteiger partial charge on any atom is 0.240 e. The van der Waals surface area contributed by atoms with Crippen LogP contribution >= 0.6 is 0 Å². The molecule has 0 aromatic carbocycles. The summed E-state index contributed by atoms with van der Waals surface area (Å²) in [6.07, 6.45) is 2.68. The molecule has 2 atom stereocenters. The molecule has 1 aliphatic rings. The number of hydrogen-bond acceptors (Lipinski definition) is 5. The molecule has 1 aromatic rings. The molecule has 1 fully saturated rings. The van der Waals surface area contributed by atoms with E-state index in [0.717, 1.165) is 12.3 Å². The van der Waals surface area contributed by atoms with Gasteiger partial charge in [0.1, 0.15) is 5.76 Å². The van der Waals surface area contributed by atoms with E-state index >= 15 is 0 Å². The molecule has 1 aromatic heterocycles. The molecule has 6 heteroatoms. The number of ether oxygens (including phenoxy) is 1. The molecule has 0 radical (unpaired) electrons. The molecule has 6 nitrogen and oxygen atoms in total. The zero-order valence-corrected chi connectivity index (χ0v) is 12.5. The highest BCUT2D eigenvalue weighted by Crippen LogP contribution is 2.21. The summed E-state index contributed by atoms with van der Waals surface area (Å²) in [6, 6.07) is 5.53. The molecule has 2 rings (SSSR count). The van der Waals surface area contributed by atoms with E-state index in [0.29, 0.717) is 25.9 Å². The van der Waals surface area contributed by atoms with Crippen LogP contribution in [0, 0.1) is 11.3 Å². The van der Waals surface area contributed by atoms with Gasteiger partial charge in [-0.2, -0.15) is 5.26 Å². The fourth-order valence-electron chi connectivity index (χ4n) is 2.67. The van der Waals surface area contributed by atoms with Gasteiger partial charge in [-0.25, -0.2) is 0 Å². The zero-order chi connectivity index (χ0) is 15.2. The Morgan fingerprint density at radius 1 is 1.67 bits per heavy atom. The third-order valence-electron chi connectivity index (χ3n) is 3.86. The minimum atomic E-state index is -0.191. The van der Waals surface area contributed by atoms with Gasteiger partial charge in [-0.15, -0.1) is 0 Å². The van der Waals surface area contributed by atoms with E-state index in [9.17, 15) is 4.79 Å². The number of carbonyl (C=O) groups is 1. The Balaban J connectivity index is 2.05. The van der Waals surface area contributed by atoms with E-state index in [1.165, 1.54) is 0 Å². The van der Waals surface area contributed by atoms with E-state index in [-0.39, 0.29) is 18.1 Å². The Bertz CT molecular complexity index is 495. The van der Waals surface area contributed by atoms with Crippen LogP contribution in [-0.4, -0.2) is 55.1 Å². The third-order valence-corrected chi connectivity index (χ3v) is 3.86. The van der Waals surface area contributed by atoms with E-state index in [1.54, 1.807) is 24.3 Å². The summed E-state index contributed by atoms with van der Waals surface area (Å²) in [7, 11) is 3.60. The van der Waals surface area contributed by atoms with Crippen LogP contribution in [0.2, 0.25) is 0 Å². The van der Waals surface area contributed by atoms with Crippen LogP contribution in [0.1, 0.15) is 18.6 Å². The summed E-state index contributed by atoms with van der Waals surface area (Å²) in [5, 5.41) is 8.78. The number of rotatable bonds is 6. The fourth-order valence-corrected chi connectivity index (χ4v) is 2.67. The normalized spacial score (nSPS) is 22.1. The van der Waals surface area contributed by atoms with Crippen LogP contribution in [0.5, 0.6) is 0 Å². The number of nitrogens with zero attached hydrogens (tertiary/aromatic N) is 3. The van der Waals surface area contributed by atoms with Crippen molar-refractivity contribution in [3.05, 3.63) is 24.2 Å². The Labute approximate surface area is 124 Å². The molecule has 21 heavy (non-hydrogen) atoms. The Hall–Kier alpha value is -1.84. The number of carbonyl (C=O) groups excluding carboxylic acids is 1. The number of amides is 1. The Morgan fingerprint density at radius 2 is 2.48 bits per heavy atom. The minimum absolute atomic E-state index is 0.0312. The molecule has 0 aliphatic carbocycles. The van der Waals surface area contributed by atoms with E-state index < -0.39 is 0 Å². The van der Waals surface area contributed by atoms with Crippen LogP contribution in [0.15, 0.2) is 22.8 Å².